The molecule has 1 aliphatic rings. The van der Waals surface area contributed by atoms with Crippen molar-refractivity contribution in [1.29, 1.82) is 0 Å². The van der Waals surface area contributed by atoms with E-state index < -0.39 is 0 Å². The topological polar surface area (TPSA) is 66.6 Å². The van der Waals surface area contributed by atoms with E-state index in [0.29, 0.717) is 16.9 Å². The lowest BCUT2D eigenvalue weighted by molar-refractivity contribution is -0.385. The van der Waals surface area contributed by atoms with Gasteiger partial charge in [0, 0.05) is 29.2 Å². The van der Waals surface area contributed by atoms with Crippen molar-refractivity contribution in [2.45, 2.75) is 25.5 Å². The Kier molecular flexibility index (Phi) is 4.54. The molecule has 6 heteroatoms. The highest BCUT2D eigenvalue weighted by Gasteiger charge is 2.28. The van der Waals surface area contributed by atoms with Crippen molar-refractivity contribution in [3.8, 4) is 0 Å². The van der Waals surface area contributed by atoms with E-state index in [1.165, 1.54) is 6.07 Å². The van der Waals surface area contributed by atoms with Gasteiger partial charge in [0.05, 0.1) is 11.0 Å². The van der Waals surface area contributed by atoms with Gasteiger partial charge in [-0.1, -0.05) is 15.9 Å². The molecule has 1 saturated carbocycles. The highest BCUT2D eigenvalue weighted by Crippen LogP contribution is 2.29. The zero-order chi connectivity index (χ0) is 14.0. The van der Waals surface area contributed by atoms with Crippen LogP contribution in [-0.4, -0.2) is 34.6 Å². The number of rotatable bonds is 5. The molecule has 0 spiro atoms. The number of nitrogens with zero attached hydrogens (tertiary/aromatic N) is 2. The van der Waals surface area contributed by atoms with Gasteiger partial charge in [0.25, 0.3) is 5.69 Å². The molecule has 1 aromatic carbocycles. The van der Waals surface area contributed by atoms with E-state index in [1.54, 1.807) is 6.07 Å². The van der Waals surface area contributed by atoms with Gasteiger partial charge in [-0.15, -0.1) is 0 Å². The van der Waals surface area contributed by atoms with E-state index in [0.717, 1.165) is 24.9 Å². The Bertz CT molecular complexity index is 475. The van der Waals surface area contributed by atoms with Crippen molar-refractivity contribution in [2.75, 3.05) is 13.6 Å². The summed E-state index contributed by atoms with van der Waals surface area (Å²) in [5.41, 5.74) is 0.866. The second-order valence-corrected chi connectivity index (χ2v) is 6.13. The molecule has 0 unspecified atom stereocenters. The quantitative estimate of drug-likeness (QED) is 0.666. The minimum atomic E-state index is -0.346. The van der Waals surface area contributed by atoms with E-state index in [9.17, 15) is 15.2 Å². The number of hydrogen-bond acceptors (Lipinski definition) is 4. The Hall–Kier alpha value is -0.980. The first-order valence-electron chi connectivity index (χ1n) is 6.25. The average Bonchev–Trinajstić information content (AvgIpc) is 2.29. The standard InChI is InChI=1S/C13H17BrN2O3/c1-15(7-9-4-12(17)5-9)8-10-2-3-11(14)6-13(10)16(18)19/h2-3,6,9,12,17H,4-5,7-8H2,1H3. The lowest BCUT2D eigenvalue weighted by Gasteiger charge is -2.34. The van der Waals surface area contributed by atoms with Gasteiger partial charge in [-0.05, 0) is 37.9 Å². The molecule has 1 fully saturated rings. The third-order valence-corrected chi connectivity index (χ3v) is 3.96. The average molecular weight is 329 g/mol. The highest BCUT2D eigenvalue weighted by molar-refractivity contribution is 9.10. The normalized spacial score (nSPS) is 22.3. The molecule has 1 N–H and O–H groups in total. The van der Waals surface area contributed by atoms with E-state index in [1.807, 2.05) is 13.1 Å². The summed E-state index contributed by atoms with van der Waals surface area (Å²) >= 11 is 3.25. The van der Waals surface area contributed by atoms with Crippen LogP contribution < -0.4 is 0 Å². The summed E-state index contributed by atoms with van der Waals surface area (Å²) < 4.78 is 0.715. The van der Waals surface area contributed by atoms with Gasteiger partial charge in [-0.2, -0.15) is 0 Å². The molecule has 0 aromatic heterocycles. The van der Waals surface area contributed by atoms with E-state index >= 15 is 0 Å². The van der Waals surface area contributed by atoms with Crippen LogP contribution >= 0.6 is 15.9 Å². The molecule has 1 aromatic rings. The van der Waals surface area contributed by atoms with Crippen LogP contribution in [0.25, 0.3) is 0 Å². The number of nitro benzene ring substituents is 1. The molecule has 5 nitrogen and oxygen atoms in total. The molecule has 0 radical (unpaired) electrons. The highest BCUT2D eigenvalue weighted by atomic mass is 79.9. The van der Waals surface area contributed by atoms with Crippen LogP contribution in [0.15, 0.2) is 22.7 Å². The summed E-state index contributed by atoms with van der Waals surface area (Å²) in [5, 5.41) is 20.3. The molecule has 104 valence electrons. The number of aliphatic hydroxyl groups excluding tert-OH is 1. The minimum absolute atomic E-state index is 0.148. The minimum Gasteiger partial charge on any atom is -0.393 e. The molecule has 1 aliphatic carbocycles. The van der Waals surface area contributed by atoms with Crippen LogP contribution in [0, 0.1) is 16.0 Å². The van der Waals surface area contributed by atoms with Gasteiger partial charge in [-0.25, -0.2) is 0 Å². The van der Waals surface area contributed by atoms with Gasteiger partial charge in [0.1, 0.15) is 0 Å². The molecule has 0 bridgehead atoms. The fourth-order valence-electron chi connectivity index (χ4n) is 2.49. The van der Waals surface area contributed by atoms with E-state index in [-0.39, 0.29) is 16.7 Å². The Balaban J connectivity index is 1.99. The van der Waals surface area contributed by atoms with Crippen molar-refractivity contribution in [2.24, 2.45) is 5.92 Å². The molecule has 0 aliphatic heterocycles. The molecule has 2 rings (SSSR count). The SMILES string of the molecule is CN(Cc1ccc(Br)cc1[N+](=O)[O-])CC1CC(O)C1. The van der Waals surface area contributed by atoms with Crippen LogP contribution in [0.2, 0.25) is 0 Å². The van der Waals surface area contributed by atoms with Crippen molar-refractivity contribution in [1.82, 2.24) is 4.90 Å². The van der Waals surface area contributed by atoms with Crippen LogP contribution in [0.3, 0.4) is 0 Å². The van der Waals surface area contributed by atoms with Crippen LogP contribution in [0.1, 0.15) is 18.4 Å². The lowest BCUT2D eigenvalue weighted by Crippen LogP contribution is -2.36. The summed E-state index contributed by atoms with van der Waals surface area (Å²) in [6, 6.07) is 5.15. The Morgan fingerprint density at radius 2 is 2.21 bits per heavy atom. The summed E-state index contributed by atoms with van der Waals surface area (Å²) in [4.78, 5) is 12.8. The van der Waals surface area contributed by atoms with Crippen LogP contribution in [0.4, 0.5) is 5.69 Å². The molecule has 0 heterocycles. The van der Waals surface area contributed by atoms with Crippen molar-refractivity contribution >= 4 is 21.6 Å². The Morgan fingerprint density at radius 3 is 2.79 bits per heavy atom. The third-order valence-electron chi connectivity index (χ3n) is 3.46. The molecule has 0 amide bonds. The molecule has 0 atom stereocenters. The van der Waals surface area contributed by atoms with Gasteiger partial charge in [0.2, 0.25) is 0 Å². The fourth-order valence-corrected chi connectivity index (χ4v) is 2.84. The van der Waals surface area contributed by atoms with Crippen LogP contribution in [0.5, 0.6) is 0 Å². The summed E-state index contributed by atoms with van der Waals surface area (Å²) in [6.45, 7) is 1.42. The number of aliphatic hydroxyl groups is 1. The van der Waals surface area contributed by atoms with Gasteiger partial charge in [0.15, 0.2) is 0 Å². The van der Waals surface area contributed by atoms with Gasteiger partial charge in [-0.3, -0.25) is 10.1 Å². The Morgan fingerprint density at radius 1 is 1.53 bits per heavy atom. The van der Waals surface area contributed by atoms with E-state index in [4.69, 9.17) is 0 Å². The van der Waals surface area contributed by atoms with Gasteiger partial charge >= 0.3 is 0 Å². The van der Waals surface area contributed by atoms with Crippen LogP contribution in [-0.2, 0) is 6.54 Å². The molecular weight excluding hydrogens is 312 g/mol. The number of hydrogen-bond donors (Lipinski definition) is 1. The second-order valence-electron chi connectivity index (χ2n) is 5.22. The van der Waals surface area contributed by atoms with Gasteiger partial charge < -0.3 is 10.0 Å². The first kappa shape index (κ1) is 14.4. The maximum atomic E-state index is 11.0. The zero-order valence-electron chi connectivity index (χ0n) is 10.8. The molecule has 19 heavy (non-hydrogen) atoms. The largest absolute Gasteiger partial charge is 0.393 e. The molecular formula is C13H17BrN2O3. The smallest absolute Gasteiger partial charge is 0.275 e. The fraction of sp³-hybridized carbons (Fsp3) is 0.538. The first-order chi connectivity index (χ1) is 8.95. The predicted octanol–water partition coefficient (Wildman–Crippen LogP) is 2.56. The number of halogens is 1. The third kappa shape index (κ3) is 3.75. The summed E-state index contributed by atoms with van der Waals surface area (Å²) in [5.74, 6) is 0.509. The zero-order valence-corrected chi connectivity index (χ0v) is 12.3. The predicted molar refractivity (Wildman–Crippen MR) is 75.9 cm³/mol. The lowest BCUT2D eigenvalue weighted by atomic mass is 9.82. The molecule has 0 saturated heterocycles. The first-order valence-corrected chi connectivity index (χ1v) is 7.04. The Labute approximate surface area is 120 Å². The second kappa shape index (κ2) is 5.98. The summed E-state index contributed by atoms with van der Waals surface area (Å²) in [6.07, 6.45) is 1.53. The van der Waals surface area contributed by atoms with Crippen molar-refractivity contribution in [3.63, 3.8) is 0 Å². The summed E-state index contributed by atoms with van der Waals surface area (Å²) in [7, 11) is 1.95. The monoisotopic (exact) mass is 328 g/mol. The maximum absolute atomic E-state index is 11.0. The number of benzene rings is 1. The number of nitro groups is 1. The van der Waals surface area contributed by atoms with Crippen molar-refractivity contribution in [3.05, 3.63) is 38.3 Å². The maximum Gasteiger partial charge on any atom is 0.275 e. The van der Waals surface area contributed by atoms with Crippen molar-refractivity contribution < 1.29 is 10.0 Å². The van der Waals surface area contributed by atoms with E-state index in [2.05, 4.69) is 20.8 Å².